The van der Waals surface area contributed by atoms with Gasteiger partial charge in [-0.1, -0.05) is 25.1 Å². The molecule has 3 rings (SSSR count). The molecule has 1 amide bonds. The molecule has 0 atom stereocenters. The minimum absolute atomic E-state index is 0.0908. The Bertz CT molecular complexity index is 989. The molecule has 3 aromatic rings. The van der Waals surface area contributed by atoms with Gasteiger partial charge in [-0.2, -0.15) is 0 Å². The van der Waals surface area contributed by atoms with Gasteiger partial charge in [-0.05, 0) is 42.7 Å². The summed E-state index contributed by atoms with van der Waals surface area (Å²) >= 11 is 0. The van der Waals surface area contributed by atoms with E-state index in [9.17, 15) is 13.6 Å². The van der Waals surface area contributed by atoms with Crippen LogP contribution in [0.3, 0.4) is 0 Å². The predicted molar refractivity (Wildman–Crippen MR) is 102 cm³/mol. The van der Waals surface area contributed by atoms with Gasteiger partial charge in [0.1, 0.15) is 11.6 Å². The number of benzene rings is 2. The Balaban J connectivity index is 1.82. The number of nitrogens with one attached hydrogen (secondary N) is 2. The molecule has 0 aliphatic heterocycles. The number of rotatable bonds is 5. The van der Waals surface area contributed by atoms with Crippen molar-refractivity contribution in [3.8, 4) is 0 Å². The third-order valence-corrected chi connectivity index (χ3v) is 4.19. The number of pyridine rings is 1. The SMILES string of the molecule is CCc1cccc(C)c1Nc1cncc(C(=O)Nc2ccc(F)cc2F)c1. The lowest BCUT2D eigenvalue weighted by molar-refractivity contribution is 0.102. The summed E-state index contributed by atoms with van der Waals surface area (Å²) in [6.07, 6.45) is 3.86. The molecular weight excluding hydrogens is 348 g/mol. The van der Waals surface area contributed by atoms with Gasteiger partial charge in [-0.3, -0.25) is 9.78 Å². The van der Waals surface area contributed by atoms with Crippen LogP contribution in [0.15, 0.2) is 54.9 Å². The molecule has 0 spiro atoms. The second-order valence-corrected chi connectivity index (χ2v) is 6.13. The van der Waals surface area contributed by atoms with Gasteiger partial charge in [0.05, 0.1) is 23.1 Å². The zero-order chi connectivity index (χ0) is 19.4. The van der Waals surface area contributed by atoms with Crippen LogP contribution < -0.4 is 10.6 Å². The second-order valence-electron chi connectivity index (χ2n) is 6.13. The van der Waals surface area contributed by atoms with Gasteiger partial charge in [0.25, 0.3) is 5.91 Å². The topological polar surface area (TPSA) is 54.0 Å². The number of halogens is 2. The van der Waals surface area contributed by atoms with Gasteiger partial charge in [0, 0.05) is 18.0 Å². The third kappa shape index (κ3) is 4.28. The molecule has 2 N–H and O–H groups in total. The summed E-state index contributed by atoms with van der Waals surface area (Å²) in [5, 5.41) is 5.73. The number of aryl methyl sites for hydroxylation is 2. The van der Waals surface area contributed by atoms with Crippen LogP contribution in [0.5, 0.6) is 0 Å². The lowest BCUT2D eigenvalue weighted by atomic mass is 10.1. The molecule has 138 valence electrons. The molecule has 0 saturated heterocycles. The summed E-state index contributed by atoms with van der Waals surface area (Å²) in [4.78, 5) is 16.5. The van der Waals surface area contributed by atoms with Crippen LogP contribution in [0.1, 0.15) is 28.4 Å². The Labute approximate surface area is 156 Å². The minimum Gasteiger partial charge on any atom is -0.354 e. The molecule has 2 aromatic carbocycles. The quantitative estimate of drug-likeness (QED) is 0.649. The van der Waals surface area contributed by atoms with Gasteiger partial charge < -0.3 is 10.6 Å². The van der Waals surface area contributed by atoms with E-state index in [1.807, 2.05) is 25.1 Å². The van der Waals surface area contributed by atoms with E-state index in [1.165, 1.54) is 12.3 Å². The van der Waals surface area contributed by atoms with Gasteiger partial charge in [0.2, 0.25) is 0 Å². The fourth-order valence-corrected chi connectivity index (χ4v) is 2.76. The first kappa shape index (κ1) is 18.5. The highest BCUT2D eigenvalue weighted by Crippen LogP contribution is 2.25. The second kappa shape index (κ2) is 7.95. The van der Waals surface area contributed by atoms with Crippen LogP contribution in [0, 0.1) is 18.6 Å². The van der Waals surface area contributed by atoms with E-state index in [-0.39, 0.29) is 11.3 Å². The van der Waals surface area contributed by atoms with Gasteiger partial charge >= 0.3 is 0 Å². The molecule has 0 radical (unpaired) electrons. The van der Waals surface area contributed by atoms with E-state index >= 15 is 0 Å². The molecule has 1 aromatic heterocycles. The Kier molecular flexibility index (Phi) is 5.45. The number of amides is 1. The highest BCUT2D eigenvalue weighted by Gasteiger charge is 2.12. The summed E-state index contributed by atoms with van der Waals surface area (Å²) in [6.45, 7) is 4.07. The molecule has 0 saturated carbocycles. The Morgan fingerprint density at radius 3 is 2.67 bits per heavy atom. The van der Waals surface area contributed by atoms with E-state index in [0.717, 1.165) is 35.4 Å². The fourth-order valence-electron chi connectivity index (χ4n) is 2.76. The molecule has 6 heteroatoms. The van der Waals surface area contributed by atoms with Crippen LogP contribution in [-0.2, 0) is 6.42 Å². The lowest BCUT2D eigenvalue weighted by Crippen LogP contribution is -2.13. The number of hydrogen-bond acceptors (Lipinski definition) is 3. The van der Waals surface area contributed by atoms with E-state index < -0.39 is 17.5 Å². The van der Waals surface area contributed by atoms with Crippen molar-refractivity contribution >= 4 is 23.0 Å². The van der Waals surface area contributed by atoms with Crippen molar-refractivity contribution in [2.75, 3.05) is 10.6 Å². The smallest absolute Gasteiger partial charge is 0.257 e. The molecule has 0 fully saturated rings. The summed E-state index contributed by atoms with van der Waals surface area (Å²) in [6, 6.07) is 10.7. The summed E-state index contributed by atoms with van der Waals surface area (Å²) in [5.74, 6) is -2.07. The standard InChI is InChI=1S/C21H19F2N3O/c1-3-14-6-4-5-13(2)20(14)25-17-9-15(11-24-12-17)21(27)26-19-8-7-16(22)10-18(19)23/h4-12,25H,3H2,1-2H3,(H,26,27). The third-order valence-electron chi connectivity index (χ3n) is 4.19. The van der Waals surface area contributed by atoms with Crippen molar-refractivity contribution in [3.63, 3.8) is 0 Å². The molecule has 0 aliphatic carbocycles. The average Bonchev–Trinajstić information content (AvgIpc) is 2.66. The van der Waals surface area contributed by atoms with Crippen molar-refractivity contribution in [2.24, 2.45) is 0 Å². The molecule has 4 nitrogen and oxygen atoms in total. The Morgan fingerprint density at radius 1 is 1.11 bits per heavy atom. The van der Waals surface area contributed by atoms with Crippen molar-refractivity contribution in [3.05, 3.63) is 83.2 Å². The Morgan fingerprint density at radius 2 is 1.93 bits per heavy atom. The molecular formula is C21H19F2N3O. The number of carbonyl (C=O) groups excluding carboxylic acids is 1. The number of aromatic nitrogens is 1. The Hall–Kier alpha value is -3.28. The zero-order valence-corrected chi connectivity index (χ0v) is 15.0. The molecule has 0 bridgehead atoms. The monoisotopic (exact) mass is 367 g/mol. The largest absolute Gasteiger partial charge is 0.354 e. The van der Waals surface area contributed by atoms with Crippen LogP contribution in [-0.4, -0.2) is 10.9 Å². The number of anilines is 3. The summed E-state index contributed by atoms with van der Waals surface area (Å²) in [7, 11) is 0. The highest BCUT2D eigenvalue weighted by molar-refractivity contribution is 6.04. The minimum atomic E-state index is -0.835. The molecule has 0 unspecified atom stereocenters. The predicted octanol–water partition coefficient (Wildman–Crippen LogP) is 5.23. The summed E-state index contributed by atoms with van der Waals surface area (Å²) < 4.78 is 26.7. The number of para-hydroxylation sites is 1. The van der Waals surface area contributed by atoms with E-state index in [4.69, 9.17) is 0 Å². The number of hydrogen-bond donors (Lipinski definition) is 2. The fraction of sp³-hybridized carbons (Fsp3) is 0.143. The first-order chi connectivity index (χ1) is 13.0. The van der Waals surface area contributed by atoms with E-state index in [0.29, 0.717) is 5.69 Å². The average molecular weight is 367 g/mol. The lowest BCUT2D eigenvalue weighted by Gasteiger charge is -2.14. The maximum absolute atomic E-state index is 13.7. The zero-order valence-electron chi connectivity index (χ0n) is 15.0. The van der Waals surface area contributed by atoms with Crippen molar-refractivity contribution in [1.82, 2.24) is 4.98 Å². The first-order valence-corrected chi connectivity index (χ1v) is 8.55. The normalized spacial score (nSPS) is 10.5. The van der Waals surface area contributed by atoms with Crippen molar-refractivity contribution in [1.29, 1.82) is 0 Å². The maximum Gasteiger partial charge on any atom is 0.257 e. The summed E-state index contributed by atoms with van der Waals surface area (Å²) in [5.41, 5.74) is 4.02. The van der Waals surface area contributed by atoms with Gasteiger partial charge in [-0.15, -0.1) is 0 Å². The number of carbonyl (C=O) groups is 1. The molecule has 27 heavy (non-hydrogen) atoms. The highest BCUT2D eigenvalue weighted by atomic mass is 19.1. The van der Waals surface area contributed by atoms with E-state index in [2.05, 4.69) is 22.5 Å². The van der Waals surface area contributed by atoms with Crippen molar-refractivity contribution in [2.45, 2.75) is 20.3 Å². The van der Waals surface area contributed by atoms with Crippen LogP contribution in [0.25, 0.3) is 0 Å². The van der Waals surface area contributed by atoms with Crippen LogP contribution in [0.2, 0.25) is 0 Å². The van der Waals surface area contributed by atoms with Gasteiger partial charge in [0.15, 0.2) is 0 Å². The first-order valence-electron chi connectivity index (χ1n) is 8.55. The maximum atomic E-state index is 13.7. The van der Waals surface area contributed by atoms with Crippen LogP contribution >= 0.6 is 0 Å². The number of nitrogens with zero attached hydrogens (tertiary/aromatic N) is 1. The van der Waals surface area contributed by atoms with Crippen molar-refractivity contribution < 1.29 is 13.6 Å². The molecule has 0 aliphatic rings. The van der Waals surface area contributed by atoms with E-state index in [1.54, 1.807) is 12.3 Å². The van der Waals surface area contributed by atoms with Crippen LogP contribution in [0.4, 0.5) is 25.8 Å². The van der Waals surface area contributed by atoms with Gasteiger partial charge in [-0.25, -0.2) is 8.78 Å². The molecule has 1 heterocycles.